The van der Waals surface area contributed by atoms with Gasteiger partial charge in [0.05, 0.1) is 5.67 Å². The molecule has 2 aromatic rings. The molecule has 1 amide bonds. The Morgan fingerprint density at radius 2 is 1.50 bits per heavy atom. The molecule has 6 nitrogen and oxygen atoms in total. The van der Waals surface area contributed by atoms with Crippen molar-refractivity contribution in [3.8, 4) is 0 Å². The summed E-state index contributed by atoms with van der Waals surface area (Å²) in [6.07, 6.45) is 0.684. The molecule has 0 radical (unpaired) electrons. The normalized spacial score (nSPS) is 13.9. The van der Waals surface area contributed by atoms with Gasteiger partial charge < -0.3 is 24.4 Å². The van der Waals surface area contributed by atoms with E-state index >= 15 is 0 Å². The van der Waals surface area contributed by atoms with Crippen LogP contribution in [0.3, 0.4) is 0 Å². The van der Waals surface area contributed by atoms with Crippen molar-refractivity contribution in [1.82, 2.24) is 5.32 Å². The molecule has 7 heteroatoms. The molecule has 2 aromatic carbocycles. The van der Waals surface area contributed by atoms with Crippen molar-refractivity contribution in [2.24, 2.45) is 5.92 Å². The third-order valence-electron chi connectivity index (χ3n) is 4.63. The lowest BCUT2D eigenvalue weighted by Crippen LogP contribution is -2.60. The summed E-state index contributed by atoms with van der Waals surface area (Å²) in [5.41, 5.74) is 0.158. The Morgan fingerprint density at radius 3 is 1.97 bits per heavy atom. The summed E-state index contributed by atoms with van der Waals surface area (Å²) in [6.45, 7) is 5.22. The number of carbonyl (C=O) groups is 2. The van der Waals surface area contributed by atoms with E-state index in [9.17, 15) is 19.2 Å². The van der Waals surface area contributed by atoms with Gasteiger partial charge in [-0.3, -0.25) is 0 Å². The smallest absolute Gasteiger partial charge is 0.407 e. The van der Waals surface area contributed by atoms with Gasteiger partial charge in [-0.15, -0.1) is 0 Å². The molecule has 0 spiro atoms. The van der Waals surface area contributed by atoms with Crippen molar-refractivity contribution >= 4 is 20.9 Å². The molecule has 2 atom stereocenters. The molecule has 0 aliphatic rings. The summed E-state index contributed by atoms with van der Waals surface area (Å²) in [4.78, 5) is 46.1. The fourth-order valence-electron chi connectivity index (χ4n) is 3.24. The third-order valence-corrected chi connectivity index (χ3v) is 7.22. The van der Waals surface area contributed by atoms with E-state index < -0.39 is 31.8 Å². The maximum Gasteiger partial charge on any atom is 0.407 e. The minimum Gasteiger partial charge on any atom is -0.444 e. The SMILES string of the molecule is CC(C)(C)OC(=O)NC(Cc1ccccc1)[Si](O)(O)CC(C=O)Cc1ccccc1. The van der Waals surface area contributed by atoms with Crippen LogP contribution in [0.4, 0.5) is 4.79 Å². The highest BCUT2D eigenvalue weighted by Crippen LogP contribution is 2.21. The van der Waals surface area contributed by atoms with E-state index in [1.807, 2.05) is 60.7 Å². The largest absolute Gasteiger partial charge is 0.444 e. The maximum absolute atomic E-state index is 12.3. The second-order valence-electron chi connectivity index (χ2n) is 8.56. The number of rotatable bonds is 9. The summed E-state index contributed by atoms with van der Waals surface area (Å²) >= 11 is 0. The van der Waals surface area contributed by atoms with Gasteiger partial charge in [-0.05, 0) is 44.7 Å². The van der Waals surface area contributed by atoms with Crippen molar-refractivity contribution in [3.63, 3.8) is 0 Å². The van der Waals surface area contributed by atoms with Crippen LogP contribution >= 0.6 is 0 Å². The number of hydrogen-bond acceptors (Lipinski definition) is 5. The van der Waals surface area contributed by atoms with Gasteiger partial charge in [0.15, 0.2) is 0 Å². The Hall–Kier alpha value is -2.48. The summed E-state index contributed by atoms with van der Waals surface area (Å²) < 4.78 is 5.31. The predicted molar refractivity (Wildman–Crippen MR) is 118 cm³/mol. The third kappa shape index (κ3) is 8.10. The van der Waals surface area contributed by atoms with Crippen molar-refractivity contribution in [1.29, 1.82) is 0 Å². The van der Waals surface area contributed by atoms with E-state index in [0.717, 1.165) is 17.4 Å². The standard InChI is InChI=1S/C23H31NO5Si/c1-23(2,3)29-22(26)24-21(15-19-12-8-5-9-13-19)30(27,28)17-20(16-25)14-18-10-6-4-7-11-18/h4-13,16,20-21,27-28H,14-15,17H2,1-3H3,(H,24,26). The van der Waals surface area contributed by atoms with Crippen LogP contribution in [-0.2, 0) is 22.4 Å². The zero-order valence-corrected chi connectivity index (χ0v) is 18.7. The number of ether oxygens (including phenoxy) is 1. The van der Waals surface area contributed by atoms with Crippen LogP contribution in [0.15, 0.2) is 60.7 Å². The van der Waals surface area contributed by atoms with Crippen LogP contribution in [0.5, 0.6) is 0 Å². The molecule has 0 saturated carbocycles. The van der Waals surface area contributed by atoms with E-state index in [4.69, 9.17) is 4.74 Å². The fourth-order valence-corrected chi connectivity index (χ4v) is 5.45. The lowest BCUT2D eigenvalue weighted by atomic mass is 10.0. The minimum atomic E-state index is -4.03. The predicted octanol–water partition coefficient (Wildman–Crippen LogP) is 3.15. The monoisotopic (exact) mass is 429 g/mol. The van der Waals surface area contributed by atoms with Crippen LogP contribution in [0.25, 0.3) is 0 Å². The molecule has 2 unspecified atom stereocenters. The molecule has 162 valence electrons. The zero-order valence-electron chi connectivity index (χ0n) is 17.7. The van der Waals surface area contributed by atoms with E-state index in [-0.39, 0.29) is 12.5 Å². The van der Waals surface area contributed by atoms with Gasteiger partial charge in [0.25, 0.3) is 0 Å². The van der Waals surface area contributed by atoms with Gasteiger partial charge in [-0.25, -0.2) is 4.79 Å². The summed E-state index contributed by atoms with van der Waals surface area (Å²) in [5, 5.41) is 2.64. The summed E-state index contributed by atoms with van der Waals surface area (Å²) in [5.74, 6) is -0.562. The molecule has 30 heavy (non-hydrogen) atoms. The van der Waals surface area contributed by atoms with E-state index in [0.29, 0.717) is 6.42 Å². The molecule has 0 aliphatic heterocycles. The van der Waals surface area contributed by atoms with Gasteiger partial charge in [-0.2, -0.15) is 0 Å². The van der Waals surface area contributed by atoms with Gasteiger partial charge in [0.2, 0.25) is 0 Å². The molecule has 3 N–H and O–H groups in total. The summed E-state index contributed by atoms with van der Waals surface area (Å²) in [7, 11) is -4.03. The first kappa shape index (κ1) is 23.8. The first-order valence-corrected chi connectivity index (χ1v) is 12.2. The minimum absolute atomic E-state index is 0.0846. The number of alkyl carbamates (subject to hydrolysis) is 1. The average Bonchev–Trinajstić information content (AvgIpc) is 2.67. The molecule has 0 aromatic heterocycles. The second kappa shape index (κ2) is 10.5. The fraction of sp³-hybridized carbons (Fsp3) is 0.391. The molecular weight excluding hydrogens is 398 g/mol. The van der Waals surface area contributed by atoms with E-state index in [2.05, 4.69) is 5.32 Å². The van der Waals surface area contributed by atoms with Crippen molar-refractivity contribution < 1.29 is 23.9 Å². The second-order valence-corrected chi connectivity index (χ2v) is 11.4. The first-order chi connectivity index (χ1) is 14.1. The Balaban J connectivity index is 2.18. The quantitative estimate of drug-likeness (QED) is 0.420. The topological polar surface area (TPSA) is 95.9 Å². The lowest BCUT2D eigenvalue weighted by Gasteiger charge is -2.31. The van der Waals surface area contributed by atoms with Gasteiger partial charge in [0.1, 0.15) is 11.9 Å². The number of aldehydes is 1. The molecule has 2 rings (SSSR count). The average molecular weight is 430 g/mol. The highest BCUT2D eigenvalue weighted by Gasteiger charge is 2.43. The van der Waals surface area contributed by atoms with E-state index in [1.54, 1.807) is 20.8 Å². The van der Waals surface area contributed by atoms with Gasteiger partial charge in [0, 0.05) is 12.0 Å². The first-order valence-electron chi connectivity index (χ1n) is 10.1. The maximum atomic E-state index is 12.3. The van der Waals surface area contributed by atoms with Crippen molar-refractivity contribution in [2.75, 3.05) is 0 Å². The highest BCUT2D eigenvalue weighted by molar-refractivity contribution is 6.66. The van der Waals surface area contributed by atoms with Crippen molar-refractivity contribution in [3.05, 3.63) is 71.8 Å². The van der Waals surface area contributed by atoms with Crippen LogP contribution in [-0.4, -0.2) is 41.8 Å². The van der Waals surface area contributed by atoms with Crippen LogP contribution < -0.4 is 5.32 Å². The summed E-state index contributed by atoms with van der Waals surface area (Å²) in [6, 6.07) is 18.6. The Labute approximate surface area is 179 Å². The highest BCUT2D eigenvalue weighted by atomic mass is 28.4. The number of benzene rings is 2. The van der Waals surface area contributed by atoms with Gasteiger partial charge in [-0.1, -0.05) is 60.7 Å². The molecule has 0 heterocycles. The molecular formula is C23H31NO5Si. The number of nitrogens with one attached hydrogen (secondary N) is 1. The number of hydrogen-bond donors (Lipinski definition) is 3. The molecule has 0 fully saturated rings. The number of carbonyl (C=O) groups excluding carboxylic acids is 2. The lowest BCUT2D eigenvalue weighted by molar-refractivity contribution is -0.110. The zero-order chi connectivity index (χ0) is 22.2. The Kier molecular flexibility index (Phi) is 8.34. The van der Waals surface area contributed by atoms with Crippen LogP contribution in [0.2, 0.25) is 6.04 Å². The van der Waals surface area contributed by atoms with Crippen LogP contribution in [0.1, 0.15) is 31.9 Å². The molecule has 0 bridgehead atoms. The number of amides is 1. The Morgan fingerprint density at radius 1 is 1.00 bits per heavy atom. The van der Waals surface area contributed by atoms with E-state index in [1.165, 1.54) is 0 Å². The molecule has 0 aliphatic carbocycles. The molecule has 0 saturated heterocycles. The van der Waals surface area contributed by atoms with Crippen LogP contribution in [0, 0.1) is 5.92 Å². The Bertz CT molecular complexity index is 805. The van der Waals surface area contributed by atoms with Gasteiger partial charge >= 0.3 is 14.7 Å². The van der Waals surface area contributed by atoms with Crippen molar-refractivity contribution in [2.45, 2.75) is 50.9 Å².